The van der Waals surface area contributed by atoms with Crippen molar-refractivity contribution >= 4 is 0 Å². The van der Waals surface area contributed by atoms with E-state index >= 15 is 0 Å². The summed E-state index contributed by atoms with van der Waals surface area (Å²) >= 11 is 0. The molecule has 4 heteroatoms. The van der Waals surface area contributed by atoms with Gasteiger partial charge in [-0.25, -0.2) is 4.39 Å². The number of rotatable bonds is 4. The zero-order valence-corrected chi connectivity index (χ0v) is 9.64. The van der Waals surface area contributed by atoms with Gasteiger partial charge in [-0.1, -0.05) is 18.2 Å². The molecule has 0 amide bonds. The minimum Gasteiger partial charge on any atom is -0.457 e. The number of ether oxygens (including phenoxy) is 1. The third kappa shape index (κ3) is 2.67. The molecule has 2 N–H and O–H groups in total. The van der Waals surface area contributed by atoms with Crippen LogP contribution < -0.4 is 4.74 Å². The molecule has 0 aromatic heterocycles. The van der Waals surface area contributed by atoms with Gasteiger partial charge >= 0.3 is 0 Å². The van der Waals surface area contributed by atoms with Crippen LogP contribution in [0.4, 0.5) is 4.39 Å². The van der Waals surface area contributed by atoms with Gasteiger partial charge in [-0.3, -0.25) is 0 Å². The number of halogens is 1. The molecule has 0 saturated carbocycles. The van der Waals surface area contributed by atoms with Crippen molar-refractivity contribution < 1.29 is 19.3 Å². The second-order valence-corrected chi connectivity index (χ2v) is 3.78. The fraction of sp³-hybridized carbons (Fsp3) is 0.143. The van der Waals surface area contributed by atoms with Crippen LogP contribution in [0.25, 0.3) is 0 Å². The molecule has 0 aliphatic rings. The van der Waals surface area contributed by atoms with Gasteiger partial charge in [0.25, 0.3) is 0 Å². The van der Waals surface area contributed by atoms with E-state index in [1.807, 2.05) is 0 Å². The molecule has 94 valence electrons. The van der Waals surface area contributed by atoms with Gasteiger partial charge in [0.2, 0.25) is 0 Å². The van der Waals surface area contributed by atoms with E-state index in [-0.39, 0.29) is 17.9 Å². The summed E-state index contributed by atoms with van der Waals surface area (Å²) in [5, 5.41) is 18.1. The van der Waals surface area contributed by atoms with Crippen molar-refractivity contribution in [2.24, 2.45) is 0 Å². The van der Waals surface area contributed by atoms with Crippen LogP contribution in [0.5, 0.6) is 11.5 Å². The van der Waals surface area contributed by atoms with Crippen molar-refractivity contribution in [3.05, 3.63) is 59.4 Å². The van der Waals surface area contributed by atoms with Crippen LogP contribution in [0.1, 0.15) is 11.1 Å². The first-order valence-corrected chi connectivity index (χ1v) is 5.50. The van der Waals surface area contributed by atoms with Crippen LogP contribution in [-0.2, 0) is 13.2 Å². The number of hydrogen-bond donors (Lipinski definition) is 2. The molecule has 2 aromatic rings. The van der Waals surface area contributed by atoms with Crippen LogP contribution in [0.15, 0.2) is 42.5 Å². The molecule has 0 saturated heterocycles. The molecule has 0 atom stereocenters. The monoisotopic (exact) mass is 248 g/mol. The predicted molar refractivity (Wildman–Crippen MR) is 64.8 cm³/mol. The van der Waals surface area contributed by atoms with Gasteiger partial charge in [0.15, 0.2) is 0 Å². The molecule has 3 nitrogen and oxygen atoms in total. The van der Waals surface area contributed by atoms with E-state index in [2.05, 4.69) is 0 Å². The predicted octanol–water partition coefficient (Wildman–Crippen LogP) is 2.60. The third-order valence-electron chi connectivity index (χ3n) is 2.54. The highest BCUT2D eigenvalue weighted by molar-refractivity contribution is 5.39. The SMILES string of the molecule is OCc1cccc(Oc2cccc(F)c2CO)c1. The highest BCUT2D eigenvalue weighted by Gasteiger charge is 2.09. The summed E-state index contributed by atoms with van der Waals surface area (Å²) in [4.78, 5) is 0. The molecule has 0 aliphatic heterocycles. The van der Waals surface area contributed by atoms with E-state index in [4.69, 9.17) is 14.9 Å². The molecule has 0 radical (unpaired) electrons. The minimum absolute atomic E-state index is 0.0901. The standard InChI is InChI=1S/C14H13FO3/c15-13-5-2-6-14(12(13)9-17)18-11-4-1-3-10(7-11)8-16/h1-7,16-17H,8-9H2. The van der Waals surface area contributed by atoms with Crippen molar-refractivity contribution in [2.75, 3.05) is 0 Å². The van der Waals surface area contributed by atoms with Crippen LogP contribution in [0.2, 0.25) is 0 Å². The Bertz CT molecular complexity index is 540. The topological polar surface area (TPSA) is 49.7 Å². The van der Waals surface area contributed by atoms with Gasteiger partial charge in [-0.05, 0) is 29.8 Å². The Morgan fingerprint density at radius 2 is 1.78 bits per heavy atom. The van der Waals surface area contributed by atoms with Gasteiger partial charge < -0.3 is 14.9 Å². The Kier molecular flexibility index (Phi) is 3.92. The van der Waals surface area contributed by atoms with Crippen LogP contribution in [0, 0.1) is 5.82 Å². The smallest absolute Gasteiger partial charge is 0.135 e. The zero-order valence-electron chi connectivity index (χ0n) is 9.64. The zero-order chi connectivity index (χ0) is 13.0. The fourth-order valence-corrected chi connectivity index (χ4v) is 1.62. The summed E-state index contributed by atoms with van der Waals surface area (Å²) in [5.41, 5.74) is 0.821. The van der Waals surface area contributed by atoms with Gasteiger partial charge in [0.05, 0.1) is 18.8 Å². The summed E-state index contributed by atoms with van der Waals surface area (Å²) < 4.78 is 18.9. The van der Waals surface area contributed by atoms with Crippen LogP contribution in [0.3, 0.4) is 0 Å². The maximum absolute atomic E-state index is 13.4. The van der Waals surface area contributed by atoms with Crippen molar-refractivity contribution in [3.8, 4) is 11.5 Å². The van der Waals surface area contributed by atoms with Gasteiger partial charge in [0, 0.05) is 0 Å². The van der Waals surface area contributed by atoms with E-state index in [1.165, 1.54) is 12.1 Å². The molecule has 0 fully saturated rings. The molecule has 2 rings (SSSR count). The second-order valence-electron chi connectivity index (χ2n) is 3.78. The van der Waals surface area contributed by atoms with E-state index < -0.39 is 12.4 Å². The number of aliphatic hydroxyl groups excluding tert-OH is 2. The number of benzene rings is 2. The Morgan fingerprint density at radius 3 is 2.50 bits per heavy atom. The van der Waals surface area contributed by atoms with Gasteiger partial charge in [-0.15, -0.1) is 0 Å². The summed E-state index contributed by atoms with van der Waals surface area (Å²) in [6.45, 7) is -0.519. The molecule has 0 unspecified atom stereocenters. The Balaban J connectivity index is 2.30. The highest BCUT2D eigenvalue weighted by Crippen LogP contribution is 2.27. The molecule has 2 aromatic carbocycles. The van der Waals surface area contributed by atoms with E-state index in [9.17, 15) is 4.39 Å². The lowest BCUT2D eigenvalue weighted by Crippen LogP contribution is -1.95. The molecule has 0 aliphatic carbocycles. The van der Waals surface area contributed by atoms with Crippen molar-refractivity contribution in [3.63, 3.8) is 0 Å². The van der Waals surface area contributed by atoms with E-state index in [1.54, 1.807) is 30.3 Å². The van der Waals surface area contributed by atoms with Gasteiger partial charge in [-0.2, -0.15) is 0 Å². The Hall–Kier alpha value is -1.91. The lowest BCUT2D eigenvalue weighted by atomic mass is 10.2. The maximum Gasteiger partial charge on any atom is 0.135 e. The summed E-state index contributed by atoms with van der Waals surface area (Å²) in [6.07, 6.45) is 0. The third-order valence-corrected chi connectivity index (χ3v) is 2.54. The van der Waals surface area contributed by atoms with Crippen LogP contribution in [-0.4, -0.2) is 10.2 Å². The first-order chi connectivity index (χ1) is 8.74. The average molecular weight is 248 g/mol. The Labute approximate surface area is 104 Å². The van der Waals surface area contributed by atoms with Crippen molar-refractivity contribution in [2.45, 2.75) is 13.2 Å². The molecule has 18 heavy (non-hydrogen) atoms. The molecule has 0 bridgehead atoms. The molecule has 0 spiro atoms. The highest BCUT2D eigenvalue weighted by atomic mass is 19.1. The lowest BCUT2D eigenvalue weighted by Gasteiger charge is -2.10. The van der Waals surface area contributed by atoms with E-state index in [0.717, 1.165) is 0 Å². The quantitative estimate of drug-likeness (QED) is 0.874. The Morgan fingerprint density at radius 1 is 1.00 bits per heavy atom. The summed E-state index contributed by atoms with van der Waals surface area (Å²) in [7, 11) is 0. The summed E-state index contributed by atoms with van der Waals surface area (Å²) in [6, 6.07) is 11.2. The number of hydrogen-bond acceptors (Lipinski definition) is 3. The molecular formula is C14H13FO3. The molecule has 0 heterocycles. The van der Waals surface area contributed by atoms with Crippen LogP contribution >= 0.6 is 0 Å². The number of aliphatic hydroxyl groups is 2. The largest absolute Gasteiger partial charge is 0.457 e. The summed E-state index contributed by atoms with van der Waals surface area (Å²) in [5.74, 6) is 0.253. The van der Waals surface area contributed by atoms with Crippen molar-refractivity contribution in [1.29, 1.82) is 0 Å². The van der Waals surface area contributed by atoms with Gasteiger partial charge in [0.1, 0.15) is 17.3 Å². The first kappa shape index (κ1) is 12.5. The lowest BCUT2D eigenvalue weighted by molar-refractivity contribution is 0.269. The molecular weight excluding hydrogens is 235 g/mol. The van der Waals surface area contributed by atoms with E-state index in [0.29, 0.717) is 11.3 Å². The normalized spacial score (nSPS) is 10.4. The first-order valence-electron chi connectivity index (χ1n) is 5.50. The maximum atomic E-state index is 13.4. The second kappa shape index (κ2) is 5.62. The minimum atomic E-state index is -0.506. The fourth-order valence-electron chi connectivity index (χ4n) is 1.62. The van der Waals surface area contributed by atoms with Crippen molar-refractivity contribution in [1.82, 2.24) is 0 Å². The average Bonchev–Trinajstić information content (AvgIpc) is 2.39.